The zero-order valence-corrected chi connectivity index (χ0v) is 19.0. The normalized spacial score (nSPS) is 36.2. The highest BCUT2D eigenvalue weighted by Gasteiger charge is 2.67. The van der Waals surface area contributed by atoms with Crippen molar-refractivity contribution in [3.05, 3.63) is 0 Å². The number of carbonyl (C=O) groups is 1. The molecule has 0 aromatic carbocycles. The first-order valence-electron chi connectivity index (χ1n) is 11.6. The third kappa shape index (κ3) is 4.30. The second kappa shape index (κ2) is 8.61. The Morgan fingerprint density at radius 3 is 2.09 bits per heavy atom. The van der Waals surface area contributed by atoms with Crippen molar-refractivity contribution in [3.8, 4) is 0 Å². The summed E-state index contributed by atoms with van der Waals surface area (Å²) in [4.78, 5) is 12.7. The predicted molar refractivity (Wildman–Crippen MR) is 108 cm³/mol. The van der Waals surface area contributed by atoms with Crippen LogP contribution in [0.1, 0.15) is 64.2 Å². The van der Waals surface area contributed by atoms with E-state index in [0.717, 1.165) is 25.7 Å². The molecule has 2 saturated heterocycles. The molecule has 0 amide bonds. The largest absolute Gasteiger partial charge is 0.465 e. The second-order valence-corrected chi connectivity index (χ2v) is 11.6. The molecule has 0 aromatic heterocycles. The monoisotopic (exact) mass is 500 g/mol. The van der Waals surface area contributed by atoms with Gasteiger partial charge in [-0.1, -0.05) is 25.7 Å². The van der Waals surface area contributed by atoms with E-state index >= 15 is 0 Å². The van der Waals surface area contributed by atoms with Crippen LogP contribution in [0.4, 0.5) is 13.2 Å². The summed E-state index contributed by atoms with van der Waals surface area (Å²) in [5.41, 5.74) is -2.05. The maximum Gasteiger partial charge on any atom is 0.400 e. The molecule has 4 fully saturated rings. The van der Waals surface area contributed by atoms with Gasteiger partial charge in [-0.2, -0.15) is 17.2 Å². The Balaban J connectivity index is 1.44. The Kier molecular flexibility index (Phi) is 6.57. The first-order valence-corrected chi connectivity index (χ1v) is 13.0. The molecular weight excluding hydrogens is 469 g/mol. The van der Waals surface area contributed by atoms with Crippen LogP contribution in [0, 0.1) is 17.8 Å². The molecule has 0 radical (unpaired) electrons. The minimum atomic E-state index is -5.94. The second-order valence-electron chi connectivity index (χ2n) is 10.1. The van der Waals surface area contributed by atoms with E-state index in [4.69, 9.17) is 14.0 Å². The Morgan fingerprint density at radius 2 is 1.58 bits per heavy atom. The molecule has 8 nitrogen and oxygen atoms in total. The summed E-state index contributed by atoms with van der Waals surface area (Å²) in [6, 6.07) is 0. The van der Waals surface area contributed by atoms with Crippen LogP contribution in [0.15, 0.2) is 0 Å². The van der Waals surface area contributed by atoms with Gasteiger partial charge < -0.3 is 19.7 Å². The molecule has 190 valence electrons. The number of halogens is 3. The van der Waals surface area contributed by atoms with Crippen molar-refractivity contribution in [2.45, 2.75) is 99.0 Å². The third-order valence-corrected chi connectivity index (χ3v) is 9.11. The minimum Gasteiger partial charge on any atom is -0.465 e. The Bertz CT molecular complexity index is 854. The summed E-state index contributed by atoms with van der Waals surface area (Å²) in [5.74, 6) is -2.39. The van der Waals surface area contributed by atoms with E-state index in [1.807, 2.05) is 0 Å². The van der Waals surface area contributed by atoms with Gasteiger partial charge in [0, 0.05) is 18.3 Å². The van der Waals surface area contributed by atoms with Crippen molar-refractivity contribution in [2.24, 2.45) is 17.8 Å². The van der Waals surface area contributed by atoms with Gasteiger partial charge in [-0.05, 0) is 32.1 Å². The van der Waals surface area contributed by atoms with Crippen molar-refractivity contribution in [3.63, 3.8) is 0 Å². The van der Waals surface area contributed by atoms with E-state index in [-0.39, 0.29) is 12.3 Å². The molecule has 2 heterocycles. The summed E-state index contributed by atoms with van der Waals surface area (Å²) < 4.78 is 81.2. The molecule has 6 unspecified atom stereocenters. The van der Waals surface area contributed by atoms with Gasteiger partial charge in [0.15, 0.2) is 6.17 Å². The van der Waals surface area contributed by atoms with Crippen molar-refractivity contribution < 1.29 is 50.6 Å². The maximum absolute atomic E-state index is 13.7. The number of hydrogen-bond donors (Lipinski definition) is 3. The number of ether oxygens (including phenoxy) is 2. The predicted octanol–water partition coefficient (Wildman–Crippen LogP) is 2.37. The maximum atomic E-state index is 13.7. The molecule has 2 saturated carbocycles. The van der Waals surface area contributed by atoms with Gasteiger partial charge in [-0.25, -0.2) is 4.39 Å². The fourth-order valence-corrected chi connectivity index (χ4v) is 7.07. The Morgan fingerprint density at radius 1 is 1.06 bits per heavy atom. The van der Waals surface area contributed by atoms with Gasteiger partial charge in [-0.3, -0.25) is 9.35 Å². The zero-order valence-electron chi connectivity index (χ0n) is 18.2. The van der Waals surface area contributed by atoms with E-state index in [0.29, 0.717) is 25.7 Å². The number of esters is 1. The molecule has 0 spiro atoms. The van der Waals surface area contributed by atoms with Gasteiger partial charge in [0.2, 0.25) is 0 Å². The highest BCUT2D eigenvalue weighted by molar-refractivity contribution is 7.86. The Labute approximate surface area is 190 Å². The molecule has 33 heavy (non-hydrogen) atoms. The lowest BCUT2D eigenvalue weighted by Gasteiger charge is -2.46. The number of rotatable bonds is 8. The molecule has 4 rings (SSSR count). The standard InChI is InChI=1S/C21H31F3O8S/c22-14(21(23,24)33(28,29)30)5-10-31-18(25)12-11-13-15(19(26)6-1-2-7-19)16(17(12)32-13)20(27)8-3-4-9-20/h12-17,26-27H,1-11H2,(H,28,29,30). The van der Waals surface area contributed by atoms with Crippen molar-refractivity contribution in [2.75, 3.05) is 6.61 Å². The molecule has 2 aliphatic heterocycles. The SMILES string of the molecule is O=C(OCCC(F)C(F)(F)S(=O)(=O)O)C1CC2OC1C(C1(O)CCCC1)C2C1(O)CCCC1. The molecule has 2 bridgehead atoms. The summed E-state index contributed by atoms with van der Waals surface area (Å²) in [6.07, 6.45) is 0.387. The van der Waals surface area contributed by atoms with Gasteiger partial charge >= 0.3 is 21.3 Å². The minimum absolute atomic E-state index is 0.239. The van der Waals surface area contributed by atoms with E-state index in [1.165, 1.54) is 0 Å². The van der Waals surface area contributed by atoms with Gasteiger partial charge in [0.05, 0.1) is 35.9 Å². The van der Waals surface area contributed by atoms with Gasteiger partial charge in [0.25, 0.3) is 0 Å². The summed E-state index contributed by atoms with van der Waals surface area (Å²) in [6.45, 7) is -0.804. The molecule has 0 aromatic rings. The fourth-order valence-electron chi connectivity index (χ4n) is 6.63. The molecule has 12 heteroatoms. The lowest BCUT2D eigenvalue weighted by atomic mass is 9.60. The molecular formula is C21H31F3O8S. The van der Waals surface area contributed by atoms with Crippen LogP contribution in [-0.4, -0.2) is 70.6 Å². The number of aliphatic hydroxyl groups is 2. The zero-order chi connectivity index (χ0) is 24.2. The van der Waals surface area contributed by atoms with E-state index < -0.39 is 75.8 Å². The smallest absolute Gasteiger partial charge is 0.400 e. The van der Waals surface area contributed by atoms with Crippen LogP contribution in [-0.2, 0) is 24.4 Å². The third-order valence-electron chi connectivity index (χ3n) is 8.16. The molecule has 4 aliphatic rings. The summed E-state index contributed by atoms with van der Waals surface area (Å²) >= 11 is 0. The number of fused-ring (bicyclic) bond motifs is 2. The fraction of sp³-hybridized carbons (Fsp3) is 0.952. The van der Waals surface area contributed by atoms with Crippen LogP contribution in [0.2, 0.25) is 0 Å². The van der Waals surface area contributed by atoms with Crippen LogP contribution in [0.5, 0.6) is 0 Å². The average molecular weight is 501 g/mol. The number of alkyl halides is 3. The summed E-state index contributed by atoms with van der Waals surface area (Å²) in [5, 5.41) is 17.7. The van der Waals surface area contributed by atoms with E-state index in [9.17, 15) is 36.6 Å². The van der Waals surface area contributed by atoms with Crippen molar-refractivity contribution >= 4 is 16.1 Å². The number of carbonyl (C=O) groups excluding carboxylic acids is 1. The highest BCUT2D eigenvalue weighted by atomic mass is 32.2. The number of hydrogen-bond acceptors (Lipinski definition) is 7. The first-order chi connectivity index (χ1) is 15.3. The average Bonchev–Trinajstić information content (AvgIpc) is 3.50. The van der Waals surface area contributed by atoms with Crippen molar-refractivity contribution in [1.82, 2.24) is 0 Å². The van der Waals surface area contributed by atoms with Gasteiger partial charge in [-0.15, -0.1) is 0 Å². The first kappa shape index (κ1) is 25.2. The highest BCUT2D eigenvalue weighted by Crippen LogP contribution is 2.59. The van der Waals surface area contributed by atoms with E-state index in [2.05, 4.69) is 0 Å². The van der Waals surface area contributed by atoms with Gasteiger partial charge in [0.1, 0.15) is 0 Å². The quantitative estimate of drug-likeness (QED) is 0.342. The van der Waals surface area contributed by atoms with E-state index in [1.54, 1.807) is 0 Å². The lowest BCUT2D eigenvalue weighted by molar-refractivity contribution is -0.158. The molecule has 2 aliphatic carbocycles. The van der Waals surface area contributed by atoms with Crippen LogP contribution < -0.4 is 0 Å². The summed E-state index contributed by atoms with van der Waals surface area (Å²) in [7, 11) is -5.94. The molecule has 3 N–H and O–H groups in total. The van der Waals surface area contributed by atoms with Crippen molar-refractivity contribution in [1.29, 1.82) is 0 Å². The van der Waals surface area contributed by atoms with Crippen LogP contribution >= 0.6 is 0 Å². The topological polar surface area (TPSA) is 130 Å². The molecule has 6 atom stereocenters. The Hall–Kier alpha value is -0.950. The van der Waals surface area contributed by atoms with Crippen LogP contribution in [0.3, 0.4) is 0 Å². The lowest BCUT2D eigenvalue weighted by Crippen LogP contribution is -2.56. The van der Waals surface area contributed by atoms with Crippen LogP contribution in [0.25, 0.3) is 0 Å².